The van der Waals surface area contributed by atoms with Crippen LogP contribution in [0.15, 0.2) is 47.4 Å². The quantitative estimate of drug-likeness (QED) is 0.850. The first-order chi connectivity index (χ1) is 13.2. The van der Waals surface area contributed by atoms with Gasteiger partial charge < -0.3 is 10.2 Å². The first kappa shape index (κ1) is 17.8. The molecule has 1 aliphatic carbocycles. The van der Waals surface area contributed by atoms with Crippen LogP contribution < -0.4 is 15.8 Å². The number of nitrogens with zero attached hydrogens (tertiary/aromatic N) is 3. The molecule has 6 heteroatoms. The number of aromatic nitrogens is 2. The van der Waals surface area contributed by atoms with E-state index < -0.39 is 0 Å². The summed E-state index contributed by atoms with van der Waals surface area (Å²) in [6.45, 7) is 2.79. The van der Waals surface area contributed by atoms with E-state index >= 15 is 0 Å². The third kappa shape index (κ3) is 4.56. The van der Waals surface area contributed by atoms with E-state index in [1.54, 1.807) is 12.3 Å². The molecule has 1 aromatic carbocycles. The fourth-order valence-electron chi connectivity index (χ4n) is 3.61. The Balaban J connectivity index is 1.40. The molecule has 1 aromatic heterocycles. The molecule has 1 aliphatic heterocycles. The van der Waals surface area contributed by atoms with Crippen LogP contribution in [0.2, 0.25) is 0 Å². The Hall–Kier alpha value is -2.63. The molecule has 0 unspecified atom stereocenters. The predicted molar refractivity (Wildman–Crippen MR) is 105 cm³/mol. The molecule has 2 fully saturated rings. The maximum Gasteiger partial charge on any atom is 0.269 e. The van der Waals surface area contributed by atoms with Crippen LogP contribution in [-0.2, 0) is 11.3 Å². The molecule has 1 saturated carbocycles. The van der Waals surface area contributed by atoms with E-state index in [0.29, 0.717) is 19.0 Å². The summed E-state index contributed by atoms with van der Waals surface area (Å²) in [6, 6.07) is 11.5. The Bertz CT molecular complexity index is 845. The highest BCUT2D eigenvalue weighted by molar-refractivity contribution is 5.79. The number of benzene rings is 1. The lowest BCUT2D eigenvalue weighted by Crippen LogP contribution is -2.44. The van der Waals surface area contributed by atoms with Gasteiger partial charge in [0.1, 0.15) is 0 Å². The monoisotopic (exact) mass is 366 g/mol. The zero-order valence-corrected chi connectivity index (χ0v) is 15.5. The van der Waals surface area contributed by atoms with Crippen molar-refractivity contribution < 1.29 is 4.79 Å². The van der Waals surface area contributed by atoms with Gasteiger partial charge in [0.15, 0.2) is 0 Å². The number of carbonyl (C=O) groups is 1. The fourth-order valence-corrected chi connectivity index (χ4v) is 3.61. The smallest absolute Gasteiger partial charge is 0.269 e. The molecule has 0 spiro atoms. The molecule has 2 aliphatic rings. The van der Waals surface area contributed by atoms with E-state index in [1.165, 1.54) is 17.5 Å². The second kappa shape index (κ2) is 7.94. The predicted octanol–water partition coefficient (Wildman–Crippen LogP) is 2.03. The molecule has 1 atom stereocenters. The average molecular weight is 366 g/mol. The third-order valence-corrected chi connectivity index (χ3v) is 5.45. The summed E-state index contributed by atoms with van der Waals surface area (Å²) >= 11 is 0. The van der Waals surface area contributed by atoms with Crippen LogP contribution in [0.5, 0.6) is 0 Å². The second-order valence-electron chi connectivity index (χ2n) is 7.67. The molecule has 4 rings (SSSR count). The van der Waals surface area contributed by atoms with Crippen molar-refractivity contribution in [2.45, 2.75) is 32.2 Å². The lowest BCUT2D eigenvalue weighted by molar-refractivity contribution is -0.125. The molecule has 0 radical (unpaired) electrons. The van der Waals surface area contributed by atoms with E-state index in [1.807, 2.05) is 30.3 Å². The summed E-state index contributed by atoms with van der Waals surface area (Å²) in [4.78, 5) is 27.0. The fraction of sp³-hybridized carbons (Fsp3) is 0.476. The van der Waals surface area contributed by atoms with Crippen molar-refractivity contribution >= 4 is 11.6 Å². The molecule has 2 heterocycles. The molecule has 1 saturated heterocycles. The van der Waals surface area contributed by atoms with Crippen molar-refractivity contribution in [1.82, 2.24) is 15.1 Å². The third-order valence-electron chi connectivity index (χ3n) is 5.45. The van der Waals surface area contributed by atoms with Gasteiger partial charge in [-0.15, -0.1) is 0 Å². The Morgan fingerprint density at radius 1 is 1.19 bits per heavy atom. The van der Waals surface area contributed by atoms with Crippen molar-refractivity contribution in [2.24, 2.45) is 11.8 Å². The van der Waals surface area contributed by atoms with Crippen molar-refractivity contribution in [3.05, 3.63) is 58.5 Å². The molecular weight excluding hydrogens is 340 g/mol. The van der Waals surface area contributed by atoms with E-state index in [-0.39, 0.29) is 17.4 Å². The number of carbonyl (C=O) groups excluding carboxylic acids is 1. The minimum Gasteiger partial charge on any atom is -0.369 e. The van der Waals surface area contributed by atoms with Crippen LogP contribution in [0.3, 0.4) is 0 Å². The Morgan fingerprint density at radius 2 is 2.00 bits per heavy atom. The number of anilines is 1. The van der Waals surface area contributed by atoms with Gasteiger partial charge in [0.25, 0.3) is 5.56 Å². The maximum atomic E-state index is 12.5. The highest BCUT2D eigenvalue weighted by Gasteiger charge is 2.28. The molecule has 27 heavy (non-hydrogen) atoms. The van der Waals surface area contributed by atoms with Crippen LogP contribution in [0.4, 0.5) is 5.69 Å². The minimum atomic E-state index is -0.114. The van der Waals surface area contributed by atoms with Gasteiger partial charge in [0.05, 0.1) is 24.3 Å². The first-order valence-electron chi connectivity index (χ1n) is 9.83. The molecule has 142 valence electrons. The van der Waals surface area contributed by atoms with Crippen molar-refractivity contribution in [3.8, 4) is 0 Å². The molecular formula is C21H26N4O2. The average Bonchev–Trinajstić information content (AvgIpc) is 3.53. The van der Waals surface area contributed by atoms with Gasteiger partial charge >= 0.3 is 0 Å². The number of amides is 1. The molecule has 0 bridgehead atoms. The van der Waals surface area contributed by atoms with Gasteiger partial charge in [-0.3, -0.25) is 9.59 Å². The number of rotatable bonds is 6. The lowest BCUT2D eigenvalue weighted by Gasteiger charge is -2.33. The van der Waals surface area contributed by atoms with Gasteiger partial charge in [0, 0.05) is 25.7 Å². The standard InChI is InChI=1S/C21H26N4O2/c26-20-11-19(13-23-25(20)14-17-5-2-1-3-6-17)24-10-4-7-18(15-24)21(27)22-12-16-8-9-16/h1-3,5-6,11,13,16,18H,4,7-10,12,14-15H2,(H,22,27)/t18-/m0/s1. The van der Waals surface area contributed by atoms with E-state index in [0.717, 1.165) is 37.2 Å². The van der Waals surface area contributed by atoms with Crippen molar-refractivity contribution in [3.63, 3.8) is 0 Å². The number of piperidine rings is 1. The van der Waals surface area contributed by atoms with Gasteiger partial charge in [-0.05, 0) is 37.2 Å². The number of nitrogens with one attached hydrogen (secondary N) is 1. The summed E-state index contributed by atoms with van der Waals surface area (Å²) < 4.78 is 1.47. The summed E-state index contributed by atoms with van der Waals surface area (Å²) in [7, 11) is 0. The van der Waals surface area contributed by atoms with Crippen LogP contribution in [0.1, 0.15) is 31.2 Å². The normalized spacial score (nSPS) is 19.7. The van der Waals surface area contributed by atoms with Crippen molar-refractivity contribution in [1.29, 1.82) is 0 Å². The van der Waals surface area contributed by atoms with Crippen molar-refractivity contribution in [2.75, 3.05) is 24.5 Å². The van der Waals surface area contributed by atoms with Crippen LogP contribution in [0.25, 0.3) is 0 Å². The summed E-state index contributed by atoms with van der Waals surface area (Å²) in [5.74, 6) is 0.830. The Kier molecular flexibility index (Phi) is 5.23. The van der Waals surface area contributed by atoms with Crippen LogP contribution >= 0.6 is 0 Å². The summed E-state index contributed by atoms with van der Waals surface area (Å²) in [5.41, 5.74) is 1.74. The Labute approximate surface area is 159 Å². The molecule has 1 amide bonds. The Morgan fingerprint density at radius 3 is 2.74 bits per heavy atom. The summed E-state index contributed by atoms with van der Waals surface area (Å²) in [5, 5.41) is 7.44. The van der Waals surface area contributed by atoms with Gasteiger partial charge in [-0.1, -0.05) is 30.3 Å². The first-order valence-corrected chi connectivity index (χ1v) is 9.83. The molecule has 1 N–H and O–H groups in total. The van der Waals surface area contributed by atoms with E-state index in [9.17, 15) is 9.59 Å². The zero-order chi connectivity index (χ0) is 18.6. The summed E-state index contributed by atoms with van der Waals surface area (Å²) in [6.07, 6.45) is 6.08. The maximum absolute atomic E-state index is 12.5. The highest BCUT2D eigenvalue weighted by Crippen LogP contribution is 2.28. The molecule has 6 nitrogen and oxygen atoms in total. The SMILES string of the molecule is O=C(NCC1CC1)[C@H]1CCCN(c2cnn(Cc3ccccc3)c(=O)c2)C1. The second-order valence-corrected chi connectivity index (χ2v) is 7.67. The van der Waals surface area contributed by atoms with Gasteiger partial charge in [0.2, 0.25) is 5.91 Å². The zero-order valence-electron chi connectivity index (χ0n) is 15.5. The minimum absolute atomic E-state index is 0.00995. The van der Waals surface area contributed by atoms with Gasteiger partial charge in [-0.2, -0.15) is 5.10 Å². The largest absolute Gasteiger partial charge is 0.369 e. The lowest BCUT2D eigenvalue weighted by atomic mass is 9.96. The topological polar surface area (TPSA) is 67.2 Å². The van der Waals surface area contributed by atoms with E-state index in [4.69, 9.17) is 0 Å². The highest BCUT2D eigenvalue weighted by atomic mass is 16.2. The van der Waals surface area contributed by atoms with Gasteiger partial charge in [-0.25, -0.2) is 4.68 Å². The number of hydrogen-bond donors (Lipinski definition) is 1. The van der Waals surface area contributed by atoms with Crippen LogP contribution in [0, 0.1) is 11.8 Å². The van der Waals surface area contributed by atoms with Crippen LogP contribution in [-0.4, -0.2) is 35.3 Å². The number of hydrogen-bond acceptors (Lipinski definition) is 4. The molecule has 2 aromatic rings. The van der Waals surface area contributed by atoms with E-state index in [2.05, 4.69) is 15.3 Å².